The fraction of sp³-hybridized carbons (Fsp3) is 1.00. The Bertz CT molecular complexity index is 270. The average Bonchev–Trinajstić information content (AvgIpc) is 2.42. The van der Waals surface area contributed by atoms with E-state index in [-0.39, 0.29) is 18.1 Å². The smallest absolute Gasteiger partial charge is 0.374 e. The van der Waals surface area contributed by atoms with Crippen LogP contribution in [0.15, 0.2) is 0 Å². The highest BCUT2D eigenvalue weighted by molar-refractivity contribution is 4.95. The molecule has 0 bridgehead atoms. The van der Waals surface area contributed by atoms with Gasteiger partial charge in [0.15, 0.2) is 0 Å². The molecule has 0 amide bonds. The van der Waals surface area contributed by atoms with Gasteiger partial charge in [-0.25, -0.2) is 0 Å². The molecular weight excluding hydrogens is 279 g/mol. The third-order valence-corrected chi connectivity index (χ3v) is 4.36. The molecule has 1 atom stereocenters. The van der Waals surface area contributed by atoms with Crippen LogP contribution in [-0.2, 0) is 4.74 Å². The maximum Gasteiger partial charge on any atom is 0.389 e. The largest absolute Gasteiger partial charge is 0.389 e. The average molecular weight is 309 g/mol. The van der Waals surface area contributed by atoms with Crippen LogP contribution in [0.2, 0.25) is 0 Å². The molecule has 0 heterocycles. The number of hydrogen-bond donors (Lipinski definition) is 1. The van der Waals surface area contributed by atoms with E-state index in [1.165, 1.54) is 6.42 Å². The number of rotatable bonds is 9. The summed E-state index contributed by atoms with van der Waals surface area (Å²) in [6.07, 6.45) is 2.32. The molecule has 1 rings (SSSR count). The lowest BCUT2D eigenvalue weighted by Crippen LogP contribution is -2.54. The molecule has 0 aromatic heterocycles. The highest BCUT2D eigenvalue weighted by atomic mass is 19.4. The quantitative estimate of drug-likeness (QED) is 0.659. The summed E-state index contributed by atoms with van der Waals surface area (Å²) in [5.74, 6) is 0. The second kappa shape index (κ2) is 8.99. The number of hydrogen-bond acceptors (Lipinski definition) is 2. The predicted molar refractivity (Wildman–Crippen MR) is 79.4 cm³/mol. The third-order valence-electron chi connectivity index (χ3n) is 4.36. The van der Waals surface area contributed by atoms with Gasteiger partial charge in [0, 0.05) is 19.1 Å². The van der Waals surface area contributed by atoms with E-state index in [0.717, 1.165) is 38.6 Å². The van der Waals surface area contributed by atoms with E-state index >= 15 is 0 Å². The van der Waals surface area contributed by atoms with Crippen LogP contribution in [-0.4, -0.2) is 31.0 Å². The van der Waals surface area contributed by atoms with Gasteiger partial charge in [-0.05, 0) is 45.6 Å². The maximum absolute atomic E-state index is 12.4. The van der Waals surface area contributed by atoms with Gasteiger partial charge < -0.3 is 10.1 Å². The molecule has 126 valence electrons. The summed E-state index contributed by atoms with van der Waals surface area (Å²) in [6.45, 7) is 5.52. The first-order valence-corrected chi connectivity index (χ1v) is 8.37. The van der Waals surface area contributed by atoms with E-state index in [2.05, 4.69) is 12.2 Å². The second-order valence-electron chi connectivity index (χ2n) is 6.07. The van der Waals surface area contributed by atoms with Crippen molar-refractivity contribution in [1.29, 1.82) is 0 Å². The zero-order chi connectivity index (χ0) is 15.8. The summed E-state index contributed by atoms with van der Waals surface area (Å²) in [7, 11) is 0. The Labute approximate surface area is 126 Å². The van der Waals surface area contributed by atoms with Crippen LogP contribution in [0.25, 0.3) is 0 Å². The summed E-state index contributed by atoms with van der Waals surface area (Å²) in [4.78, 5) is 0. The van der Waals surface area contributed by atoms with Crippen LogP contribution in [0.1, 0.15) is 71.6 Å². The first-order chi connectivity index (χ1) is 9.93. The van der Waals surface area contributed by atoms with Crippen molar-refractivity contribution < 1.29 is 17.9 Å². The first-order valence-electron chi connectivity index (χ1n) is 8.37. The standard InChI is InChI=1S/C16H30F3NO/c1-3-13-20-14(9-8-12-16(17,18)19)15(21-4-2)10-6-5-7-11-15/h14,20H,3-13H2,1-2H3. The summed E-state index contributed by atoms with van der Waals surface area (Å²) in [5, 5.41) is 3.46. The Kier molecular flexibility index (Phi) is 8.03. The van der Waals surface area contributed by atoms with E-state index in [9.17, 15) is 13.2 Å². The molecule has 0 aromatic rings. The van der Waals surface area contributed by atoms with Crippen molar-refractivity contribution in [2.45, 2.75) is 89.5 Å². The molecule has 5 heteroatoms. The van der Waals surface area contributed by atoms with Crippen molar-refractivity contribution in [1.82, 2.24) is 5.32 Å². The van der Waals surface area contributed by atoms with Crippen molar-refractivity contribution in [3.8, 4) is 0 Å². The lowest BCUT2D eigenvalue weighted by molar-refractivity contribution is -0.138. The summed E-state index contributed by atoms with van der Waals surface area (Å²) >= 11 is 0. The fourth-order valence-corrected chi connectivity index (χ4v) is 3.41. The van der Waals surface area contributed by atoms with Crippen LogP contribution in [0, 0.1) is 0 Å². The van der Waals surface area contributed by atoms with E-state index in [0.29, 0.717) is 13.0 Å². The Morgan fingerprint density at radius 1 is 1.14 bits per heavy atom. The number of halogens is 3. The Balaban J connectivity index is 2.67. The Morgan fingerprint density at radius 3 is 2.33 bits per heavy atom. The zero-order valence-electron chi connectivity index (χ0n) is 13.4. The van der Waals surface area contributed by atoms with Crippen molar-refractivity contribution >= 4 is 0 Å². The topological polar surface area (TPSA) is 21.3 Å². The summed E-state index contributed by atoms with van der Waals surface area (Å²) in [5.41, 5.74) is -0.256. The van der Waals surface area contributed by atoms with E-state index in [4.69, 9.17) is 4.74 Å². The molecule has 0 aliphatic heterocycles. The van der Waals surface area contributed by atoms with Gasteiger partial charge in [0.1, 0.15) is 0 Å². The van der Waals surface area contributed by atoms with E-state index in [1.54, 1.807) is 0 Å². The van der Waals surface area contributed by atoms with Gasteiger partial charge in [0.2, 0.25) is 0 Å². The molecule has 0 saturated heterocycles. The molecule has 1 unspecified atom stereocenters. The Hall–Kier alpha value is -0.290. The van der Waals surface area contributed by atoms with Gasteiger partial charge in [-0.2, -0.15) is 13.2 Å². The molecule has 21 heavy (non-hydrogen) atoms. The van der Waals surface area contributed by atoms with Crippen molar-refractivity contribution in [2.75, 3.05) is 13.2 Å². The minimum atomic E-state index is -4.05. The van der Waals surface area contributed by atoms with Crippen LogP contribution < -0.4 is 5.32 Å². The molecule has 0 aromatic carbocycles. The molecule has 0 spiro atoms. The van der Waals surface area contributed by atoms with Gasteiger partial charge >= 0.3 is 6.18 Å². The highest BCUT2D eigenvalue weighted by Crippen LogP contribution is 2.37. The minimum absolute atomic E-state index is 0.0417. The molecule has 1 aliphatic rings. The van der Waals surface area contributed by atoms with Gasteiger partial charge in [0.25, 0.3) is 0 Å². The van der Waals surface area contributed by atoms with E-state index < -0.39 is 12.6 Å². The SMILES string of the molecule is CCCNC(CCCC(F)(F)F)C1(OCC)CCCCC1. The molecule has 2 nitrogen and oxygen atoms in total. The molecule has 1 N–H and O–H groups in total. The number of nitrogens with one attached hydrogen (secondary N) is 1. The van der Waals surface area contributed by atoms with Crippen LogP contribution in [0.3, 0.4) is 0 Å². The van der Waals surface area contributed by atoms with Gasteiger partial charge in [-0.3, -0.25) is 0 Å². The second-order valence-corrected chi connectivity index (χ2v) is 6.07. The molecule has 1 fully saturated rings. The summed E-state index contributed by atoms with van der Waals surface area (Å²) in [6, 6.07) is 0.0417. The van der Waals surface area contributed by atoms with Crippen molar-refractivity contribution in [3.63, 3.8) is 0 Å². The van der Waals surface area contributed by atoms with E-state index in [1.807, 2.05) is 6.92 Å². The van der Waals surface area contributed by atoms with Crippen LogP contribution in [0.4, 0.5) is 13.2 Å². The van der Waals surface area contributed by atoms with Gasteiger partial charge in [0.05, 0.1) is 5.60 Å². The normalized spacial score (nSPS) is 20.4. The number of ether oxygens (including phenoxy) is 1. The highest BCUT2D eigenvalue weighted by Gasteiger charge is 2.40. The zero-order valence-corrected chi connectivity index (χ0v) is 13.4. The fourth-order valence-electron chi connectivity index (χ4n) is 3.41. The van der Waals surface area contributed by atoms with Gasteiger partial charge in [-0.1, -0.05) is 26.2 Å². The Morgan fingerprint density at radius 2 is 1.81 bits per heavy atom. The monoisotopic (exact) mass is 309 g/mol. The lowest BCUT2D eigenvalue weighted by atomic mass is 9.77. The minimum Gasteiger partial charge on any atom is -0.374 e. The molecule has 1 saturated carbocycles. The third kappa shape index (κ3) is 6.55. The van der Waals surface area contributed by atoms with Crippen molar-refractivity contribution in [3.05, 3.63) is 0 Å². The van der Waals surface area contributed by atoms with Crippen LogP contribution in [0.5, 0.6) is 0 Å². The first kappa shape index (κ1) is 18.8. The van der Waals surface area contributed by atoms with Crippen molar-refractivity contribution in [2.24, 2.45) is 0 Å². The molecular formula is C16H30F3NO. The molecule has 1 aliphatic carbocycles. The maximum atomic E-state index is 12.4. The summed E-state index contributed by atoms with van der Waals surface area (Å²) < 4.78 is 43.2. The lowest BCUT2D eigenvalue weighted by Gasteiger charge is -2.44. The molecule has 0 radical (unpaired) electrons. The predicted octanol–water partition coefficient (Wildman–Crippen LogP) is 4.83. The van der Waals surface area contributed by atoms with Gasteiger partial charge in [-0.15, -0.1) is 0 Å². The number of alkyl halides is 3. The van der Waals surface area contributed by atoms with Crippen LogP contribution >= 0.6 is 0 Å².